The standard InChI is InChI=1S/C15H20N2/c1-12-7-5-6-10-14(12)15(17-11-16)13-8-3-2-4-9-13/h2-3,5-8,10,12,17H,4,9,11,16H2,1H3/b15-14-. The van der Waals surface area contributed by atoms with Crippen molar-refractivity contribution in [3.8, 4) is 0 Å². The maximum atomic E-state index is 5.66. The zero-order chi connectivity index (χ0) is 12.1. The van der Waals surface area contributed by atoms with E-state index in [-0.39, 0.29) is 0 Å². The molecule has 0 amide bonds. The summed E-state index contributed by atoms with van der Waals surface area (Å²) in [6.45, 7) is 2.69. The fourth-order valence-corrected chi connectivity index (χ4v) is 2.27. The third-order valence-electron chi connectivity index (χ3n) is 3.18. The molecule has 0 aromatic heterocycles. The number of nitrogens with two attached hydrogens (primary N) is 1. The lowest BCUT2D eigenvalue weighted by molar-refractivity contribution is 0.763. The Morgan fingerprint density at radius 3 is 2.94 bits per heavy atom. The van der Waals surface area contributed by atoms with Crippen LogP contribution in [0.2, 0.25) is 0 Å². The van der Waals surface area contributed by atoms with Crippen molar-refractivity contribution in [2.24, 2.45) is 11.7 Å². The van der Waals surface area contributed by atoms with Gasteiger partial charge in [0, 0.05) is 11.6 Å². The van der Waals surface area contributed by atoms with Crippen LogP contribution >= 0.6 is 0 Å². The van der Waals surface area contributed by atoms with Crippen molar-refractivity contribution in [2.75, 3.05) is 6.67 Å². The summed E-state index contributed by atoms with van der Waals surface area (Å²) in [7, 11) is 0. The lowest BCUT2D eigenvalue weighted by atomic mass is 9.89. The number of nitrogens with one attached hydrogen (secondary N) is 1. The average molecular weight is 228 g/mol. The number of hydrogen-bond acceptors (Lipinski definition) is 2. The molecular formula is C15H20N2. The highest BCUT2D eigenvalue weighted by atomic mass is 15.0. The van der Waals surface area contributed by atoms with E-state index in [4.69, 9.17) is 5.73 Å². The summed E-state index contributed by atoms with van der Waals surface area (Å²) in [5.41, 5.74) is 9.56. The Kier molecular flexibility index (Phi) is 3.99. The topological polar surface area (TPSA) is 38.0 Å². The van der Waals surface area contributed by atoms with E-state index in [0.717, 1.165) is 12.8 Å². The van der Waals surface area contributed by atoms with Crippen LogP contribution in [0.3, 0.4) is 0 Å². The van der Waals surface area contributed by atoms with Crippen molar-refractivity contribution in [2.45, 2.75) is 19.8 Å². The van der Waals surface area contributed by atoms with Gasteiger partial charge in [0.25, 0.3) is 0 Å². The van der Waals surface area contributed by atoms with Crippen LogP contribution in [-0.2, 0) is 0 Å². The third-order valence-corrected chi connectivity index (χ3v) is 3.18. The molecule has 0 fully saturated rings. The first-order valence-electron chi connectivity index (χ1n) is 6.22. The van der Waals surface area contributed by atoms with E-state index in [1.807, 2.05) is 0 Å². The minimum absolute atomic E-state index is 0.445. The van der Waals surface area contributed by atoms with Crippen LogP contribution in [0.15, 0.2) is 59.4 Å². The Balaban J connectivity index is 2.36. The Morgan fingerprint density at radius 2 is 2.29 bits per heavy atom. The van der Waals surface area contributed by atoms with Gasteiger partial charge in [0.2, 0.25) is 0 Å². The zero-order valence-electron chi connectivity index (χ0n) is 10.3. The normalized spacial score (nSPS) is 25.8. The van der Waals surface area contributed by atoms with Crippen molar-refractivity contribution in [3.05, 3.63) is 59.4 Å². The zero-order valence-corrected chi connectivity index (χ0v) is 10.3. The maximum absolute atomic E-state index is 5.66. The van der Waals surface area contributed by atoms with E-state index in [2.05, 4.69) is 54.8 Å². The van der Waals surface area contributed by atoms with E-state index in [1.54, 1.807) is 0 Å². The molecule has 0 heterocycles. The molecule has 0 aromatic rings. The second-order valence-corrected chi connectivity index (χ2v) is 4.40. The third kappa shape index (κ3) is 2.77. The van der Waals surface area contributed by atoms with Gasteiger partial charge in [0.1, 0.15) is 0 Å². The minimum atomic E-state index is 0.445. The predicted molar refractivity (Wildman–Crippen MR) is 73.1 cm³/mol. The van der Waals surface area contributed by atoms with Gasteiger partial charge in [0.15, 0.2) is 0 Å². The molecule has 2 rings (SSSR count). The molecule has 0 bridgehead atoms. The fourth-order valence-electron chi connectivity index (χ4n) is 2.27. The Morgan fingerprint density at radius 1 is 1.41 bits per heavy atom. The first-order valence-corrected chi connectivity index (χ1v) is 6.22. The lowest BCUT2D eigenvalue weighted by Crippen LogP contribution is -2.25. The van der Waals surface area contributed by atoms with Gasteiger partial charge in [-0.15, -0.1) is 0 Å². The van der Waals surface area contributed by atoms with Crippen LogP contribution in [0.1, 0.15) is 19.8 Å². The van der Waals surface area contributed by atoms with Gasteiger partial charge < -0.3 is 11.1 Å². The molecule has 17 heavy (non-hydrogen) atoms. The van der Waals surface area contributed by atoms with E-state index in [0.29, 0.717) is 12.6 Å². The summed E-state index contributed by atoms with van der Waals surface area (Å²) in [5, 5.41) is 3.32. The van der Waals surface area contributed by atoms with Crippen LogP contribution in [0.25, 0.3) is 0 Å². The van der Waals surface area contributed by atoms with Crippen LogP contribution in [0.4, 0.5) is 0 Å². The Hall–Kier alpha value is -1.54. The molecule has 90 valence electrons. The number of allylic oxidation sites excluding steroid dienone is 9. The monoisotopic (exact) mass is 228 g/mol. The van der Waals surface area contributed by atoms with E-state index >= 15 is 0 Å². The Bertz CT molecular complexity index is 422. The molecule has 2 heteroatoms. The van der Waals surface area contributed by atoms with Crippen molar-refractivity contribution in [1.82, 2.24) is 5.32 Å². The molecule has 0 saturated heterocycles. The molecule has 0 radical (unpaired) electrons. The van der Waals surface area contributed by atoms with E-state index < -0.39 is 0 Å². The molecule has 1 atom stereocenters. The van der Waals surface area contributed by atoms with Gasteiger partial charge in [-0.25, -0.2) is 0 Å². The van der Waals surface area contributed by atoms with Gasteiger partial charge in [-0.2, -0.15) is 0 Å². The molecular weight excluding hydrogens is 208 g/mol. The second-order valence-electron chi connectivity index (χ2n) is 4.40. The van der Waals surface area contributed by atoms with E-state index in [1.165, 1.54) is 16.8 Å². The van der Waals surface area contributed by atoms with Crippen LogP contribution in [0.5, 0.6) is 0 Å². The van der Waals surface area contributed by atoms with Crippen LogP contribution in [-0.4, -0.2) is 6.67 Å². The summed E-state index contributed by atoms with van der Waals surface area (Å²) in [4.78, 5) is 0. The average Bonchev–Trinajstić information content (AvgIpc) is 2.38. The largest absolute Gasteiger partial charge is 0.372 e. The van der Waals surface area contributed by atoms with Gasteiger partial charge in [-0.05, 0) is 24.0 Å². The molecule has 0 aromatic carbocycles. The van der Waals surface area contributed by atoms with Crippen molar-refractivity contribution in [1.29, 1.82) is 0 Å². The quantitative estimate of drug-likeness (QED) is 0.729. The lowest BCUT2D eigenvalue weighted by Gasteiger charge is -2.22. The highest BCUT2D eigenvalue weighted by Gasteiger charge is 2.15. The van der Waals surface area contributed by atoms with Crippen molar-refractivity contribution < 1.29 is 0 Å². The molecule has 3 N–H and O–H groups in total. The summed E-state index contributed by atoms with van der Waals surface area (Å²) in [5.74, 6) is 0.445. The summed E-state index contributed by atoms with van der Waals surface area (Å²) in [6, 6.07) is 0. The fraction of sp³-hybridized carbons (Fsp3) is 0.333. The van der Waals surface area contributed by atoms with E-state index in [9.17, 15) is 0 Å². The van der Waals surface area contributed by atoms with Crippen LogP contribution < -0.4 is 11.1 Å². The Labute approximate surface area is 103 Å². The van der Waals surface area contributed by atoms with Crippen LogP contribution in [0, 0.1) is 5.92 Å². The van der Waals surface area contributed by atoms with Gasteiger partial charge in [-0.1, -0.05) is 49.5 Å². The maximum Gasteiger partial charge on any atom is 0.0628 e. The molecule has 0 aliphatic heterocycles. The van der Waals surface area contributed by atoms with Gasteiger partial charge >= 0.3 is 0 Å². The van der Waals surface area contributed by atoms with Crippen molar-refractivity contribution in [3.63, 3.8) is 0 Å². The molecule has 0 saturated carbocycles. The molecule has 1 unspecified atom stereocenters. The SMILES string of the molecule is CC1C=CC=C/C1=C(/NCN)C1=CC=CCC1. The van der Waals surface area contributed by atoms with Gasteiger partial charge in [0.05, 0.1) is 6.67 Å². The predicted octanol–water partition coefficient (Wildman–Crippen LogP) is 2.78. The summed E-state index contributed by atoms with van der Waals surface area (Å²) < 4.78 is 0. The number of hydrogen-bond donors (Lipinski definition) is 2. The van der Waals surface area contributed by atoms with Crippen molar-refractivity contribution >= 4 is 0 Å². The first-order chi connectivity index (χ1) is 8.33. The first kappa shape index (κ1) is 11.9. The second kappa shape index (κ2) is 5.69. The molecule has 0 spiro atoms. The summed E-state index contributed by atoms with van der Waals surface area (Å²) in [6.07, 6.45) is 17.3. The molecule has 2 aliphatic carbocycles. The minimum Gasteiger partial charge on any atom is -0.372 e. The molecule has 2 nitrogen and oxygen atoms in total. The highest BCUT2D eigenvalue weighted by Crippen LogP contribution is 2.27. The summed E-state index contributed by atoms with van der Waals surface area (Å²) >= 11 is 0. The number of rotatable bonds is 3. The molecule has 2 aliphatic rings. The smallest absolute Gasteiger partial charge is 0.0628 e. The highest BCUT2D eigenvalue weighted by molar-refractivity contribution is 5.46. The van der Waals surface area contributed by atoms with Gasteiger partial charge in [-0.3, -0.25) is 0 Å².